The number of nitrogens with zero attached hydrogens (tertiary/aromatic N) is 3. The van der Waals surface area contributed by atoms with Crippen LogP contribution >= 0.6 is 11.6 Å². The summed E-state index contributed by atoms with van der Waals surface area (Å²) in [5, 5.41) is 3.82. The van der Waals surface area contributed by atoms with Gasteiger partial charge < -0.3 is 10.2 Å². The molecule has 0 saturated carbocycles. The molecule has 1 saturated heterocycles. The van der Waals surface area contributed by atoms with E-state index in [1.165, 1.54) is 0 Å². The van der Waals surface area contributed by atoms with Gasteiger partial charge >= 0.3 is 0 Å². The third-order valence-electron chi connectivity index (χ3n) is 4.34. The fourth-order valence-corrected chi connectivity index (χ4v) is 2.96. The highest BCUT2D eigenvalue weighted by atomic mass is 35.5. The zero-order chi connectivity index (χ0) is 16.9. The molecule has 1 aliphatic rings. The van der Waals surface area contributed by atoms with Crippen molar-refractivity contribution in [3.63, 3.8) is 0 Å². The number of nitrogens with one attached hydrogen (secondary N) is 1. The summed E-state index contributed by atoms with van der Waals surface area (Å²) in [6.45, 7) is 4.33. The number of carbonyl (C=O) groups excluding carboxylic acids is 1. The summed E-state index contributed by atoms with van der Waals surface area (Å²) in [7, 11) is 0. The van der Waals surface area contributed by atoms with Gasteiger partial charge in [-0.3, -0.25) is 4.79 Å². The number of hydrogen-bond acceptors (Lipinski definition) is 4. The standard InChI is InChI=1S/C18H21ClN4O/c1-13-7-10-23(11-8-13)17(24)16-6-9-20-18(22-16)21-12-14-4-2-3-5-15(14)19/h2-6,9,13H,7-8,10-12H2,1H3,(H,20,21,22). The molecule has 1 fully saturated rings. The van der Waals surface area contributed by atoms with Crippen molar-refractivity contribution in [2.45, 2.75) is 26.3 Å². The molecule has 0 radical (unpaired) electrons. The van der Waals surface area contributed by atoms with Crippen LogP contribution in [0.5, 0.6) is 0 Å². The highest BCUT2D eigenvalue weighted by Gasteiger charge is 2.22. The van der Waals surface area contributed by atoms with E-state index in [-0.39, 0.29) is 5.91 Å². The first-order valence-electron chi connectivity index (χ1n) is 8.23. The smallest absolute Gasteiger partial charge is 0.272 e. The van der Waals surface area contributed by atoms with E-state index >= 15 is 0 Å². The molecule has 1 aromatic heterocycles. The Kier molecular flexibility index (Phi) is 5.30. The minimum atomic E-state index is -0.0231. The average molecular weight is 345 g/mol. The number of hydrogen-bond donors (Lipinski definition) is 1. The van der Waals surface area contributed by atoms with Gasteiger partial charge in [0.25, 0.3) is 5.91 Å². The SMILES string of the molecule is CC1CCN(C(=O)c2ccnc(NCc3ccccc3Cl)n2)CC1. The third kappa shape index (κ3) is 4.03. The van der Waals surface area contributed by atoms with Crippen LogP contribution in [-0.4, -0.2) is 33.9 Å². The average Bonchev–Trinajstić information content (AvgIpc) is 2.61. The molecule has 0 atom stereocenters. The molecule has 1 N–H and O–H groups in total. The van der Waals surface area contributed by atoms with Gasteiger partial charge in [-0.2, -0.15) is 0 Å². The van der Waals surface area contributed by atoms with E-state index in [9.17, 15) is 4.79 Å². The van der Waals surface area contributed by atoms with E-state index < -0.39 is 0 Å². The fourth-order valence-electron chi connectivity index (χ4n) is 2.75. The minimum Gasteiger partial charge on any atom is -0.350 e. The van der Waals surface area contributed by atoms with Crippen LogP contribution in [0.2, 0.25) is 5.02 Å². The Morgan fingerprint density at radius 2 is 2.04 bits per heavy atom. The summed E-state index contributed by atoms with van der Waals surface area (Å²) in [6.07, 6.45) is 3.71. The molecule has 3 rings (SSSR count). The molecule has 0 unspecified atom stereocenters. The van der Waals surface area contributed by atoms with Crippen LogP contribution in [0.25, 0.3) is 0 Å². The lowest BCUT2D eigenvalue weighted by molar-refractivity contribution is 0.0691. The number of amides is 1. The van der Waals surface area contributed by atoms with Crippen LogP contribution in [-0.2, 0) is 6.54 Å². The highest BCUT2D eigenvalue weighted by molar-refractivity contribution is 6.31. The molecule has 0 spiro atoms. The Hall–Kier alpha value is -2.14. The summed E-state index contributed by atoms with van der Waals surface area (Å²) >= 11 is 6.14. The van der Waals surface area contributed by atoms with E-state index in [1.54, 1.807) is 12.3 Å². The first kappa shape index (κ1) is 16.7. The van der Waals surface area contributed by atoms with Gasteiger partial charge in [0.15, 0.2) is 0 Å². The zero-order valence-corrected chi connectivity index (χ0v) is 14.5. The van der Waals surface area contributed by atoms with Crippen molar-refractivity contribution in [2.24, 2.45) is 5.92 Å². The third-order valence-corrected chi connectivity index (χ3v) is 4.71. The Bertz CT molecular complexity index is 714. The van der Waals surface area contributed by atoms with Gasteiger partial charge in [-0.05, 0) is 36.5 Å². The molecule has 24 heavy (non-hydrogen) atoms. The largest absolute Gasteiger partial charge is 0.350 e. The summed E-state index contributed by atoms with van der Waals surface area (Å²) in [5.74, 6) is 1.10. The molecular weight excluding hydrogens is 324 g/mol. The van der Waals surface area contributed by atoms with Crippen molar-refractivity contribution in [1.82, 2.24) is 14.9 Å². The normalized spacial score (nSPS) is 15.3. The van der Waals surface area contributed by atoms with Crippen molar-refractivity contribution in [2.75, 3.05) is 18.4 Å². The van der Waals surface area contributed by atoms with Crippen LogP contribution in [0.4, 0.5) is 5.95 Å². The van der Waals surface area contributed by atoms with E-state index in [0.717, 1.165) is 31.5 Å². The molecule has 1 aliphatic heterocycles. The second-order valence-electron chi connectivity index (χ2n) is 6.19. The van der Waals surface area contributed by atoms with E-state index in [0.29, 0.717) is 29.1 Å². The van der Waals surface area contributed by atoms with Gasteiger partial charge in [0.1, 0.15) is 5.69 Å². The molecule has 0 aliphatic carbocycles. The van der Waals surface area contributed by atoms with Gasteiger partial charge in [-0.15, -0.1) is 0 Å². The number of piperidine rings is 1. The predicted molar refractivity (Wildman–Crippen MR) is 95.1 cm³/mol. The predicted octanol–water partition coefficient (Wildman–Crippen LogP) is 3.61. The highest BCUT2D eigenvalue weighted by Crippen LogP contribution is 2.18. The van der Waals surface area contributed by atoms with Gasteiger partial charge in [0, 0.05) is 30.9 Å². The molecule has 5 nitrogen and oxygen atoms in total. The molecular formula is C18H21ClN4O. The molecule has 1 amide bonds. The molecule has 0 bridgehead atoms. The number of anilines is 1. The summed E-state index contributed by atoms with van der Waals surface area (Å²) in [6, 6.07) is 9.28. The van der Waals surface area contributed by atoms with Gasteiger partial charge in [0.05, 0.1) is 0 Å². The Morgan fingerprint density at radius 3 is 2.79 bits per heavy atom. The van der Waals surface area contributed by atoms with Crippen molar-refractivity contribution in [3.8, 4) is 0 Å². The van der Waals surface area contributed by atoms with E-state index in [4.69, 9.17) is 11.6 Å². The minimum absolute atomic E-state index is 0.0231. The quantitative estimate of drug-likeness (QED) is 0.920. The number of likely N-dealkylation sites (tertiary alicyclic amines) is 1. The monoisotopic (exact) mass is 344 g/mol. The molecule has 126 valence electrons. The Morgan fingerprint density at radius 1 is 1.29 bits per heavy atom. The number of halogens is 1. The Labute approximate surface area is 147 Å². The number of benzene rings is 1. The van der Waals surface area contributed by atoms with Gasteiger partial charge in [-0.25, -0.2) is 9.97 Å². The maximum absolute atomic E-state index is 12.6. The van der Waals surface area contributed by atoms with Crippen LogP contribution in [0.1, 0.15) is 35.8 Å². The topological polar surface area (TPSA) is 58.1 Å². The van der Waals surface area contributed by atoms with E-state index in [2.05, 4.69) is 22.2 Å². The molecule has 6 heteroatoms. The van der Waals surface area contributed by atoms with Crippen LogP contribution in [0.15, 0.2) is 36.5 Å². The van der Waals surface area contributed by atoms with Crippen molar-refractivity contribution in [1.29, 1.82) is 0 Å². The number of aromatic nitrogens is 2. The second-order valence-corrected chi connectivity index (χ2v) is 6.59. The lowest BCUT2D eigenvalue weighted by atomic mass is 9.99. The number of carbonyl (C=O) groups is 1. The van der Waals surface area contributed by atoms with Crippen LogP contribution in [0, 0.1) is 5.92 Å². The molecule has 2 heterocycles. The van der Waals surface area contributed by atoms with Crippen LogP contribution < -0.4 is 5.32 Å². The first-order chi connectivity index (χ1) is 11.6. The second kappa shape index (κ2) is 7.62. The van der Waals surface area contributed by atoms with Crippen LogP contribution in [0.3, 0.4) is 0 Å². The summed E-state index contributed by atoms with van der Waals surface area (Å²) < 4.78 is 0. The lowest BCUT2D eigenvalue weighted by Crippen LogP contribution is -2.38. The Balaban J connectivity index is 1.65. The van der Waals surface area contributed by atoms with Crippen molar-refractivity contribution < 1.29 is 4.79 Å². The maximum atomic E-state index is 12.6. The maximum Gasteiger partial charge on any atom is 0.272 e. The molecule has 1 aromatic carbocycles. The van der Waals surface area contributed by atoms with Gasteiger partial charge in [0.2, 0.25) is 5.95 Å². The fraction of sp³-hybridized carbons (Fsp3) is 0.389. The summed E-state index contributed by atoms with van der Waals surface area (Å²) in [5.41, 5.74) is 1.39. The van der Waals surface area contributed by atoms with Crippen molar-refractivity contribution >= 4 is 23.5 Å². The van der Waals surface area contributed by atoms with Gasteiger partial charge in [-0.1, -0.05) is 36.7 Å². The lowest BCUT2D eigenvalue weighted by Gasteiger charge is -2.30. The molecule has 2 aromatic rings. The van der Waals surface area contributed by atoms with E-state index in [1.807, 2.05) is 29.2 Å². The number of rotatable bonds is 4. The summed E-state index contributed by atoms with van der Waals surface area (Å²) in [4.78, 5) is 23.0. The zero-order valence-electron chi connectivity index (χ0n) is 13.7. The first-order valence-corrected chi connectivity index (χ1v) is 8.61. The van der Waals surface area contributed by atoms with Crippen molar-refractivity contribution in [3.05, 3.63) is 52.8 Å².